The van der Waals surface area contributed by atoms with Crippen LogP contribution in [0.3, 0.4) is 0 Å². The third kappa shape index (κ3) is 3.67. The number of hydrogen-bond acceptors (Lipinski definition) is 3. The summed E-state index contributed by atoms with van der Waals surface area (Å²) in [5.74, 6) is 0.701. The summed E-state index contributed by atoms with van der Waals surface area (Å²) in [5, 5.41) is 3.41. The van der Waals surface area contributed by atoms with E-state index in [2.05, 4.69) is 63.1 Å². The third-order valence-corrected chi connectivity index (χ3v) is 2.98. The van der Waals surface area contributed by atoms with Crippen molar-refractivity contribution in [2.24, 2.45) is 0 Å². The van der Waals surface area contributed by atoms with Crippen molar-refractivity contribution >= 4 is 0 Å². The zero-order chi connectivity index (χ0) is 14.0. The van der Waals surface area contributed by atoms with E-state index in [0.717, 1.165) is 17.8 Å². The van der Waals surface area contributed by atoms with Crippen molar-refractivity contribution in [3.05, 3.63) is 41.3 Å². The number of aryl methyl sites for hydroxylation is 2. The topological polar surface area (TPSA) is 38.1 Å². The van der Waals surface area contributed by atoms with Crippen LogP contribution >= 0.6 is 0 Å². The van der Waals surface area contributed by atoms with E-state index in [0.29, 0.717) is 5.89 Å². The van der Waals surface area contributed by atoms with E-state index < -0.39 is 0 Å². The molecule has 0 bridgehead atoms. The van der Waals surface area contributed by atoms with E-state index in [1.165, 1.54) is 11.1 Å². The van der Waals surface area contributed by atoms with Crippen LogP contribution in [-0.2, 0) is 6.54 Å². The van der Waals surface area contributed by atoms with E-state index in [-0.39, 0.29) is 5.54 Å². The lowest BCUT2D eigenvalue weighted by molar-refractivity contribution is 0.421. The Morgan fingerprint density at radius 1 is 1.21 bits per heavy atom. The molecule has 1 heterocycles. The number of hydrogen-bond donors (Lipinski definition) is 1. The third-order valence-electron chi connectivity index (χ3n) is 2.98. The van der Waals surface area contributed by atoms with Gasteiger partial charge in [0.15, 0.2) is 0 Å². The fraction of sp³-hybridized carbons (Fsp3) is 0.438. The fourth-order valence-corrected chi connectivity index (χ4v) is 1.83. The molecule has 0 radical (unpaired) electrons. The Morgan fingerprint density at radius 2 is 1.95 bits per heavy atom. The molecule has 0 aliphatic heterocycles. The first kappa shape index (κ1) is 13.8. The highest BCUT2D eigenvalue weighted by Crippen LogP contribution is 2.23. The Morgan fingerprint density at radius 3 is 2.63 bits per heavy atom. The molecule has 0 unspecified atom stereocenters. The first-order chi connectivity index (χ1) is 8.85. The van der Waals surface area contributed by atoms with Gasteiger partial charge in [-0.05, 0) is 46.2 Å². The van der Waals surface area contributed by atoms with Gasteiger partial charge in [0.05, 0.1) is 5.69 Å². The number of rotatable bonds is 3. The maximum atomic E-state index is 5.60. The molecule has 0 aliphatic rings. The van der Waals surface area contributed by atoms with Crippen LogP contribution in [-0.4, -0.2) is 10.5 Å². The summed E-state index contributed by atoms with van der Waals surface area (Å²) < 4.78 is 5.60. The molecule has 0 atom stereocenters. The second kappa shape index (κ2) is 5.17. The molecule has 0 aliphatic carbocycles. The van der Waals surface area contributed by atoms with Crippen molar-refractivity contribution in [1.82, 2.24) is 10.3 Å². The molecule has 3 heteroatoms. The van der Waals surface area contributed by atoms with E-state index in [1.807, 2.05) is 0 Å². The molecule has 0 saturated heterocycles. The van der Waals surface area contributed by atoms with Crippen LogP contribution in [0.25, 0.3) is 11.5 Å². The second-order valence-electron chi connectivity index (χ2n) is 6.07. The van der Waals surface area contributed by atoms with Crippen LogP contribution in [0.15, 0.2) is 28.9 Å². The molecule has 19 heavy (non-hydrogen) atoms. The monoisotopic (exact) mass is 258 g/mol. The molecule has 0 spiro atoms. The van der Waals surface area contributed by atoms with Gasteiger partial charge >= 0.3 is 0 Å². The number of nitrogens with zero attached hydrogens (tertiary/aromatic N) is 1. The number of benzene rings is 1. The van der Waals surface area contributed by atoms with Crippen LogP contribution < -0.4 is 5.32 Å². The molecule has 1 aromatic heterocycles. The molecular weight excluding hydrogens is 236 g/mol. The summed E-state index contributed by atoms with van der Waals surface area (Å²) in [5.41, 5.74) is 4.49. The van der Waals surface area contributed by atoms with Gasteiger partial charge in [0.25, 0.3) is 0 Å². The van der Waals surface area contributed by atoms with Crippen molar-refractivity contribution in [2.45, 2.75) is 46.7 Å². The van der Waals surface area contributed by atoms with Crippen LogP contribution in [0.5, 0.6) is 0 Å². The Bertz CT molecular complexity index is 564. The Balaban J connectivity index is 2.19. The molecule has 3 nitrogen and oxygen atoms in total. The SMILES string of the molecule is Cc1ccc(C)c(-c2nc(CNC(C)(C)C)co2)c1. The van der Waals surface area contributed by atoms with Gasteiger partial charge in [0, 0.05) is 17.6 Å². The summed E-state index contributed by atoms with van der Waals surface area (Å²) in [4.78, 5) is 4.56. The van der Waals surface area contributed by atoms with E-state index in [4.69, 9.17) is 4.42 Å². The molecule has 1 aromatic carbocycles. The second-order valence-corrected chi connectivity index (χ2v) is 6.07. The smallest absolute Gasteiger partial charge is 0.226 e. The summed E-state index contributed by atoms with van der Waals surface area (Å²) in [6.45, 7) is 11.3. The predicted molar refractivity (Wildman–Crippen MR) is 78.0 cm³/mol. The lowest BCUT2D eigenvalue weighted by Gasteiger charge is -2.19. The van der Waals surface area contributed by atoms with Gasteiger partial charge in [-0.1, -0.05) is 17.7 Å². The van der Waals surface area contributed by atoms with Crippen molar-refractivity contribution < 1.29 is 4.42 Å². The van der Waals surface area contributed by atoms with Crippen molar-refractivity contribution in [1.29, 1.82) is 0 Å². The van der Waals surface area contributed by atoms with Crippen LogP contribution in [0, 0.1) is 13.8 Å². The number of nitrogens with one attached hydrogen (secondary N) is 1. The minimum Gasteiger partial charge on any atom is -0.444 e. The molecule has 102 valence electrons. The molecule has 2 rings (SSSR count). The van der Waals surface area contributed by atoms with E-state index in [1.54, 1.807) is 6.26 Å². The highest BCUT2D eigenvalue weighted by Gasteiger charge is 2.12. The molecule has 0 amide bonds. The standard InChI is InChI=1S/C16H22N2O/c1-11-6-7-12(2)14(8-11)15-18-13(10-19-15)9-17-16(3,4)5/h6-8,10,17H,9H2,1-5H3. The van der Waals surface area contributed by atoms with Crippen LogP contribution in [0.2, 0.25) is 0 Å². The molecule has 0 saturated carbocycles. The quantitative estimate of drug-likeness (QED) is 0.908. The minimum absolute atomic E-state index is 0.0817. The first-order valence-corrected chi connectivity index (χ1v) is 6.62. The van der Waals surface area contributed by atoms with Crippen molar-refractivity contribution in [2.75, 3.05) is 0 Å². The van der Waals surface area contributed by atoms with Gasteiger partial charge in [0.1, 0.15) is 6.26 Å². The van der Waals surface area contributed by atoms with E-state index in [9.17, 15) is 0 Å². The minimum atomic E-state index is 0.0817. The van der Waals surface area contributed by atoms with Crippen LogP contribution in [0.4, 0.5) is 0 Å². The average Bonchev–Trinajstić information content (AvgIpc) is 2.77. The summed E-state index contributed by atoms with van der Waals surface area (Å²) in [6, 6.07) is 6.31. The Hall–Kier alpha value is -1.61. The molecule has 1 N–H and O–H groups in total. The Labute approximate surface area is 115 Å². The fourth-order valence-electron chi connectivity index (χ4n) is 1.83. The summed E-state index contributed by atoms with van der Waals surface area (Å²) in [6.07, 6.45) is 1.73. The normalized spacial score (nSPS) is 11.8. The average molecular weight is 258 g/mol. The van der Waals surface area contributed by atoms with Crippen molar-refractivity contribution in [3.8, 4) is 11.5 Å². The lowest BCUT2D eigenvalue weighted by atomic mass is 10.1. The van der Waals surface area contributed by atoms with Gasteiger partial charge in [-0.15, -0.1) is 0 Å². The van der Waals surface area contributed by atoms with Crippen molar-refractivity contribution in [3.63, 3.8) is 0 Å². The van der Waals surface area contributed by atoms with Gasteiger partial charge < -0.3 is 9.73 Å². The zero-order valence-electron chi connectivity index (χ0n) is 12.4. The van der Waals surface area contributed by atoms with E-state index >= 15 is 0 Å². The van der Waals surface area contributed by atoms with Gasteiger partial charge in [-0.3, -0.25) is 0 Å². The lowest BCUT2D eigenvalue weighted by Crippen LogP contribution is -2.35. The highest BCUT2D eigenvalue weighted by atomic mass is 16.3. The first-order valence-electron chi connectivity index (χ1n) is 6.62. The Kier molecular flexibility index (Phi) is 3.76. The molecular formula is C16H22N2O. The maximum absolute atomic E-state index is 5.60. The van der Waals surface area contributed by atoms with Gasteiger partial charge in [-0.25, -0.2) is 4.98 Å². The predicted octanol–water partition coefficient (Wildman–Crippen LogP) is 3.85. The number of aromatic nitrogens is 1. The van der Waals surface area contributed by atoms with Gasteiger partial charge in [0.2, 0.25) is 5.89 Å². The number of oxazole rings is 1. The van der Waals surface area contributed by atoms with Crippen LogP contribution in [0.1, 0.15) is 37.6 Å². The highest BCUT2D eigenvalue weighted by molar-refractivity contribution is 5.59. The zero-order valence-corrected chi connectivity index (χ0v) is 12.4. The molecule has 0 fully saturated rings. The maximum Gasteiger partial charge on any atom is 0.226 e. The molecule has 2 aromatic rings. The van der Waals surface area contributed by atoms with Gasteiger partial charge in [-0.2, -0.15) is 0 Å². The largest absolute Gasteiger partial charge is 0.444 e. The summed E-state index contributed by atoms with van der Waals surface area (Å²) >= 11 is 0. The summed E-state index contributed by atoms with van der Waals surface area (Å²) in [7, 11) is 0.